The van der Waals surface area contributed by atoms with Gasteiger partial charge in [-0.25, -0.2) is 0 Å². The summed E-state index contributed by atoms with van der Waals surface area (Å²) in [5, 5.41) is 3.31. The van der Waals surface area contributed by atoms with E-state index in [-0.39, 0.29) is 11.0 Å². The van der Waals surface area contributed by atoms with Crippen LogP contribution in [0.15, 0.2) is 0 Å². The van der Waals surface area contributed by atoms with E-state index in [2.05, 4.69) is 19.2 Å². The molecule has 0 aromatic carbocycles. The van der Waals surface area contributed by atoms with Gasteiger partial charge in [0.2, 0.25) is 0 Å². The molecule has 0 aromatic heterocycles. The Labute approximate surface area is 75.9 Å². The Hall–Kier alpha value is -0.120. The van der Waals surface area contributed by atoms with Crippen molar-refractivity contribution in [2.75, 3.05) is 19.6 Å². The first kappa shape index (κ1) is 11.9. The van der Waals surface area contributed by atoms with Gasteiger partial charge in [-0.3, -0.25) is 0 Å². The van der Waals surface area contributed by atoms with E-state index < -0.39 is 0 Å². The molecule has 0 unspecified atom stereocenters. The average Bonchev–Trinajstić information content (AvgIpc) is 1.84. The lowest BCUT2D eigenvalue weighted by Gasteiger charge is -2.26. The van der Waals surface area contributed by atoms with E-state index >= 15 is 0 Å². The van der Waals surface area contributed by atoms with Crippen molar-refractivity contribution in [3.05, 3.63) is 0 Å². The van der Waals surface area contributed by atoms with Crippen molar-refractivity contribution in [1.29, 1.82) is 0 Å². The van der Waals surface area contributed by atoms with Crippen LogP contribution in [0.2, 0.25) is 0 Å². The predicted molar refractivity (Wildman–Crippen MR) is 54.0 cm³/mol. The summed E-state index contributed by atoms with van der Waals surface area (Å²) in [6.45, 7) is 10.8. The molecule has 0 aromatic rings. The number of nitrogens with one attached hydrogen (secondary N) is 1. The molecule has 0 aliphatic heterocycles. The molecule has 0 rings (SSSR count). The van der Waals surface area contributed by atoms with Crippen LogP contribution in [0.4, 0.5) is 0 Å². The average molecular weight is 173 g/mol. The van der Waals surface area contributed by atoms with Crippen LogP contribution in [-0.4, -0.2) is 25.2 Å². The van der Waals surface area contributed by atoms with Gasteiger partial charge in [0, 0.05) is 18.6 Å². The van der Waals surface area contributed by atoms with Gasteiger partial charge in [-0.05, 0) is 25.8 Å². The summed E-state index contributed by atoms with van der Waals surface area (Å²) in [7, 11) is 0. The van der Waals surface area contributed by atoms with Crippen molar-refractivity contribution in [2.24, 2.45) is 16.9 Å². The molecule has 0 heterocycles. The molecule has 0 amide bonds. The zero-order chi connectivity index (χ0) is 9.83. The Kier molecular flexibility index (Phi) is 4.17. The van der Waals surface area contributed by atoms with Crippen LogP contribution in [-0.2, 0) is 0 Å². The first-order chi connectivity index (χ1) is 5.27. The van der Waals surface area contributed by atoms with Gasteiger partial charge in [0.15, 0.2) is 0 Å². The maximum atomic E-state index is 5.81. The molecule has 3 heteroatoms. The van der Waals surface area contributed by atoms with Crippen LogP contribution in [0.5, 0.6) is 0 Å². The smallest absolute Gasteiger partial charge is 0.0223 e. The number of hydrogen-bond acceptors (Lipinski definition) is 3. The van der Waals surface area contributed by atoms with E-state index in [4.69, 9.17) is 11.5 Å². The third-order valence-corrected chi connectivity index (χ3v) is 1.74. The van der Waals surface area contributed by atoms with Gasteiger partial charge in [0.1, 0.15) is 0 Å². The molecule has 0 aliphatic carbocycles. The van der Waals surface area contributed by atoms with Gasteiger partial charge in [0.05, 0.1) is 0 Å². The van der Waals surface area contributed by atoms with Crippen molar-refractivity contribution in [2.45, 2.75) is 33.2 Å². The fourth-order valence-electron chi connectivity index (χ4n) is 0.795. The third kappa shape index (κ3) is 6.58. The lowest BCUT2D eigenvalue weighted by atomic mass is 9.93. The van der Waals surface area contributed by atoms with Crippen molar-refractivity contribution >= 4 is 0 Å². The Balaban J connectivity index is 3.57. The van der Waals surface area contributed by atoms with Crippen LogP contribution < -0.4 is 16.8 Å². The normalized spacial score (nSPS) is 13.5. The summed E-state index contributed by atoms with van der Waals surface area (Å²) in [6.07, 6.45) is 0. The van der Waals surface area contributed by atoms with Gasteiger partial charge < -0.3 is 16.8 Å². The quantitative estimate of drug-likeness (QED) is 0.560. The van der Waals surface area contributed by atoms with E-state index in [0.29, 0.717) is 6.54 Å². The van der Waals surface area contributed by atoms with E-state index in [1.165, 1.54) is 0 Å². The van der Waals surface area contributed by atoms with Gasteiger partial charge in [-0.2, -0.15) is 0 Å². The van der Waals surface area contributed by atoms with Crippen LogP contribution in [0.25, 0.3) is 0 Å². The Morgan fingerprint density at radius 2 is 1.58 bits per heavy atom. The van der Waals surface area contributed by atoms with Crippen molar-refractivity contribution in [3.8, 4) is 0 Å². The van der Waals surface area contributed by atoms with Crippen molar-refractivity contribution in [1.82, 2.24) is 5.32 Å². The molecule has 0 aliphatic rings. The highest BCUT2D eigenvalue weighted by molar-refractivity contribution is 4.78. The number of rotatable bonds is 5. The standard InChI is InChI=1S/C9H23N3/c1-8(2,5-10)6-12-7-9(3,4)11/h12H,5-7,10-11H2,1-4H3. The van der Waals surface area contributed by atoms with Crippen LogP contribution in [0, 0.1) is 5.41 Å². The predicted octanol–water partition coefficient (Wildman–Crippen LogP) is 0.298. The highest BCUT2D eigenvalue weighted by Gasteiger charge is 2.16. The van der Waals surface area contributed by atoms with E-state index in [0.717, 1.165) is 13.1 Å². The second kappa shape index (κ2) is 4.21. The zero-order valence-corrected chi connectivity index (χ0v) is 8.78. The zero-order valence-electron chi connectivity index (χ0n) is 8.78. The molecule has 0 saturated carbocycles. The fourth-order valence-corrected chi connectivity index (χ4v) is 0.795. The molecule has 0 radical (unpaired) electrons. The highest BCUT2D eigenvalue weighted by Crippen LogP contribution is 2.10. The molecule has 12 heavy (non-hydrogen) atoms. The fraction of sp³-hybridized carbons (Fsp3) is 1.00. The van der Waals surface area contributed by atoms with Crippen molar-refractivity contribution in [3.63, 3.8) is 0 Å². The topological polar surface area (TPSA) is 64.1 Å². The van der Waals surface area contributed by atoms with Gasteiger partial charge in [0.25, 0.3) is 0 Å². The number of nitrogens with two attached hydrogens (primary N) is 2. The van der Waals surface area contributed by atoms with E-state index in [1.807, 2.05) is 13.8 Å². The lowest BCUT2D eigenvalue weighted by molar-refractivity contribution is 0.333. The Bertz CT molecular complexity index is 124. The molecule has 74 valence electrons. The summed E-state index contributed by atoms with van der Waals surface area (Å²) < 4.78 is 0. The molecular weight excluding hydrogens is 150 g/mol. The minimum absolute atomic E-state index is 0.134. The van der Waals surface area contributed by atoms with Gasteiger partial charge in [-0.1, -0.05) is 13.8 Å². The lowest BCUT2D eigenvalue weighted by Crippen LogP contribution is -2.46. The molecule has 0 bridgehead atoms. The largest absolute Gasteiger partial charge is 0.330 e. The maximum Gasteiger partial charge on any atom is 0.0223 e. The minimum Gasteiger partial charge on any atom is -0.330 e. The van der Waals surface area contributed by atoms with Gasteiger partial charge in [-0.15, -0.1) is 0 Å². The third-order valence-electron chi connectivity index (χ3n) is 1.74. The van der Waals surface area contributed by atoms with E-state index in [9.17, 15) is 0 Å². The molecule has 3 nitrogen and oxygen atoms in total. The summed E-state index contributed by atoms with van der Waals surface area (Å²) >= 11 is 0. The van der Waals surface area contributed by atoms with E-state index in [1.54, 1.807) is 0 Å². The first-order valence-corrected chi connectivity index (χ1v) is 4.46. The summed E-state index contributed by atoms with van der Waals surface area (Å²) in [4.78, 5) is 0. The molecule has 0 atom stereocenters. The molecule has 0 saturated heterocycles. The summed E-state index contributed by atoms with van der Waals surface area (Å²) in [5.41, 5.74) is 11.4. The highest BCUT2D eigenvalue weighted by atomic mass is 14.9. The minimum atomic E-state index is -0.134. The first-order valence-electron chi connectivity index (χ1n) is 4.46. The SMILES string of the molecule is CC(C)(N)CNCC(C)(C)CN. The van der Waals surface area contributed by atoms with Crippen LogP contribution in [0.3, 0.4) is 0 Å². The van der Waals surface area contributed by atoms with Crippen molar-refractivity contribution < 1.29 is 0 Å². The summed E-state index contributed by atoms with van der Waals surface area (Å²) in [5.74, 6) is 0. The number of hydrogen-bond donors (Lipinski definition) is 3. The second-order valence-electron chi connectivity index (χ2n) is 4.96. The monoisotopic (exact) mass is 173 g/mol. The molecular formula is C9H23N3. The Morgan fingerprint density at radius 3 is 1.92 bits per heavy atom. The molecule has 5 N–H and O–H groups in total. The second-order valence-corrected chi connectivity index (χ2v) is 4.96. The van der Waals surface area contributed by atoms with Crippen LogP contribution in [0.1, 0.15) is 27.7 Å². The van der Waals surface area contributed by atoms with Crippen LogP contribution >= 0.6 is 0 Å². The molecule has 0 fully saturated rings. The summed E-state index contributed by atoms with van der Waals surface area (Å²) in [6, 6.07) is 0. The van der Waals surface area contributed by atoms with Gasteiger partial charge >= 0.3 is 0 Å². The Morgan fingerprint density at radius 1 is 1.08 bits per heavy atom. The maximum absolute atomic E-state index is 5.81. The molecule has 0 spiro atoms.